The fourth-order valence-corrected chi connectivity index (χ4v) is 2.37. The van der Waals surface area contributed by atoms with Crippen molar-refractivity contribution in [2.75, 3.05) is 7.11 Å². The van der Waals surface area contributed by atoms with Crippen molar-refractivity contribution in [1.29, 1.82) is 0 Å². The van der Waals surface area contributed by atoms with E-state index in [1.807, 2.05) is 17.8 Å². The van der Waals surface area contributed by atoms with Gasteiger partial charge in [0, 0.05) is 25.4 Å². The number of rotatable bonds is 3. The Bertz CT molecular complexity index is 780. The molecule has 1 aromatic carbocycles. The number of fused-ring (bicyclic) bond motifs is 1. The van der Waals surface area contributed by atoms with Crippen LogP contribution >= 0.6 is 11.6 Å². The van der Waals surface area contributed by atoms with Gasteiger partial charge in [-0.05, 0) is 0 Å². The van der Waals surface area contributed by atoms with E-state index >= 15 is 0 Å². The number of halogens is 2. The molecular formula is C13H12ClFN4O. The van der Waals surface area contributed by atoms with E-state index in [1.54, 1.807) is 16.9 Å². The number of aromatic nitrogens is 4. The molecule has 2 aromatic heterocycles. The van der Waals surface area contributed by atoms with Crippen LogP contribution in [0.1, 0.15) is 5.82 Å². The Hall–Kier alpha value is -2.08. The van der Waals surface area contributed by atoms with Gasteiger partial charge in [0.15, 0.2) is 11.6 Å². The summed E-state index contributed by atoms with van der Waals surface area (Å²) in [6.45, 7) is 0. The third-order valence-electron chi connectivity index (χ3n) is 3.07. The van der Waals surface area contributed by atoms with Gasteiger partial charge in [0.2, 0.25) is 0 Å². The zero-order chi connectivity index (χ0) is 14.3. The number of ether oxygens (including phenoxy) is 1. The van der Waals surface area contributed by atoms with Crippen LogP contribution in [0.25, 0.3) is 16.7 Å². The second-order valence-electron chi connectivity index (χ2n) is 4.34. The highest BCUT2D eigenvalue weighted by molar-refractivity contribution is 6.17. The summed E-state index contributed by atoms with van der Waals surface area (Å²) in [6, 6.07) is 2.96. The van der Waals surface area contributed by atoms with Crippen LogP contribution in [-0.2, 0) is 12.9 Å². The Kier molecular flexibility index (Phi) is 3.10. The molecule has 0 unspecified atom stereocenters. The van der Waals surface area contributed by atoms with E-state index in [9.17, 15) is 4.39 Å². The number of benzene rings is 1. The molecule has 0 aliphatic carbocycles. The fraction of sp³-hybridized carbons (Fsp3) is 0.231. The number of imidazole rings is 1. The molecule has 0 amide bonds. The van der Waals surface area contributed by atoms with E-state index in [4.69, 9.17) is 16.3 Å². The molecular weight excluding hydrogens is 283 g/mol. The van der Waals surface area contributed by atoms with Crippen LogP contribution in [0.2, 0.25) is 0 Å². The van der Waals surface area contributed by atoms with Crippen LogP contribution < -0.4 is 4.74 Å². The molecule has 5 nitrogen and oxygen atoms in total. The summed E-state index contributed by atoms with van der Waals surface area (Å²) >= 11 is 5.94. The molecule has 2 heterocycles. The van der Waals surface area contributed by atoms with E-state index < -0.39 is 5.82 Å². The molecule has 20 heavy (non-hydrogen) atoms. The summed E-state index contributed by atoms with van der Waals surface area (Å²) in [5.41, 5.74) is 2.08. The van der Waals surface area contributed by atoms with Crippen molar-refractivity contribution >= 4 is 22.6 Å². The van der Waals surface area contributed by atoms with Crippen molar-refractivity contribution in [1.82, 2.24) is 19.3 Å². The quantitative estimate of drug-likeness (QED) is 0.698. The molecule has 0 aliphatic rings. The highest BCUT2D eigenvalue weighted by Crippen LogP contribution is 2.28. The number of alkyl halides is 1. The minimum atomic E-state index is -0.447. The van der Waals surface area contributed by atoms with E-state index in [1.165, 1.54) is 13.2 Å². The second-order valence-corrected chi connectivity index (χ2v) is 4.61. The first-order valence-electron chi connectivity index (χ1n) is 5.94. The predicted octanol–water partition coefficient (Wildman–Crippen LogP) is 2.65. The zero-order valence-corrected chi connectivity index (χ0v) is 11.7. The Morgan fingerprint density at radius 1 is 1.40 bits per heavy atom. The molecule has 0 bridgehead atoms. The molecule has 7 heteroatoms. The van der Waals surface area contributed by atoms with Crippen LogP contribution in [0.5, 0.6) is 5.75 Å². The summed E-state index contributed by atoms with van der Waals surface area (Å²) in [4.78, 5) is 4.35. The zero-order valence-electron chi connectivity index (χ0n) is 11.0. The van der Waals surface area contributed by atoms with Gasteiger partial charge in [0.05, 0.1) is 35.9 Å². The van der Waals surface area contributed by atoms with Gasteiger partial charge in [-0.15, -0.1) is 11.6 Å². The van der Waals surface area contributed by atoms with Crippen molar-refractivity contribution in [2.24, 2.45) is 7.05 Å². The Balaban J connectivity index is 2.33. The van der Waals surface area contributed by atoms with Gasteiger partial charge in [0.1, 0.15) is 5.82 Å². The van der Waals surface area contributed by atoms with Crippen LogP contribution in [0.15, 0.2) is 24.5 Å². The lowest BCUT2D eigenvalue weighted by Gasteiger charge is -2.06. The number of hydrogen-bond donors (Lipinski definition) is 0. The molecule has 0 radical (unpaired) electrons. The molecule has 0 saturated carbocycles. The number of aryl methyl sites for hydroxylation is 1. The van der Waals surface area contributed by atoms with Crippen LogP contribution in [0.4, 0.5) is 4.39 Å². The van der Waals surface area contributed by atoms with Crippen molar-refractivity contribution in [3.63, 3.8) is 0 Å². The van der Waals surface area contributed by atoms with Crippen LogP contribution in [0, 0.1) is 5.82 Å². The Morgan fingerprint density at radius 3 is 2.80 bits per heavy atom. The highest BCUT2D eigenvalue weighted by Gasteiger charge is 2.16. The first-order valence-corrected chi connectivity index (χ1v) is 6.47. The maximum Gasteiger partial charge on any atom is 0.167 e. The lowest BCUT2D eigenvalue weighted by molar-refractivity contribution is 0.387. The van der Waals surface area contributed by atoms with Crippen molar-refractivity contribution < 1.29 is 9.13 Å². The van der Waals surface area contributed by atoms with Gasteiger partial charge in [-0.1, -0.05) is 0 Å². The average molecular weight is 295 g/mol. The SMILES string of the molecule is COc1cc2c(cc1F)nc(CCl)n2-c1cnn(C)c1. The molecule has 3 aromatic rings. The molecule has 0 atom stereocenters. The van der Waals surface area contributed by atoms with Gasteiger partial charge < -0.3 is 4.74 Å². The maximum absolute atomic E-state index is 13.7. The van der Waals surface area contributed by atoms with Crippen LogP contribution in [-0.4, -0.2) is 26.4 Å². The topological polar surface area (TPSA) is 44.9 Å². The summed E-state index contributed by atoms with van der Waals surface area (Å²) in [6.07, 6.45) is 3.54. The minimum Gasteiger partial charge on any atom is -0.494 e. The number of hydrogen-bond acceptors (Lipinski definition) is 3. The van der Waals surface area contributed by atoms with Gasteiger partial charge in [-0.3, -0.25) is 9.25 Å². The van der Waals surface area contributed by atoms with Gasteiger partial charge in [-0.25, -0.2) is 9.37 Å². The third kappa shape index (κ3) is 1.92. The van der Waals surface area contributed by atoms with E-state index in [0.717, 1.165) is 11.2 Å². The monoisotopic (exact) mass is 294 g/mol. The molecule has 104 valence electrons. The summed E-state index contributed by atoms with van der Waals surface area (Å²) in [5, 5.41) is 4.13. The molecule has 0 N–H and O–H groups in total. The average Bonchev–Trinajstić information content (AvgIpc) is 3.00. The van der Waals surface area contributed by atoms with Crippen molar-refractivity contribution in [3.8, 4) is 11.4 Å². The summed E-state index contributed by atoms with van der Waals surface area (Å²) in [5.74, 6) is 0.566. The maximum atomic E-state index is 13.7. The normalized spacial score (nSPS) is 11.2. The molecule has 0 aliphatic heterocycles. The standard InChI is InChI=1S/C13H12ClFN4O/c1-18-7-8(6-16-18)19-11-4-12(20-2)9(15)3-10(11)17-13(19)5-14/h3-4,6-7H,5H2,1-2H3. The summed E-state index contributed by atoms with van der Waals surface area (Å²) < 4.78 is 22.3. The Morgan fingerprint density at radius 2 is 2.20 bits per heavy atom. The van der Waals surface area contributed by atoms with E-state index in [2.05, 4.69) is 10.1 Å². The third-order valence-corrected chi connectivity index (χ3v) is 3.31. The molecule has 3 rings (SSSR count). The lowest BCUT2D eigenvalue weighted by atomic mass is 10.3. The summed E-state index contributed by atoms with van der Waals surface area (Å²) in [7, 11) is 3.25. The number of methoxy groups -OCH3 is 1. The molecule has 0 spiro atoms. The number of nitrogens with zero attached hydrogens (tertiary/aromatic N) is 4. The van der Waals surface area contributed by atoms with E-state index in [-0.39, 0.29) is 11.6 Å². The Labute approximate surface area is 119 Å². The van der Waals surface area contributed by atoms with Crippen molar-refractivity contribution in [2.45, 2.75) is 5.88 Å². The highest BCUT2D eigenvalue weighted by atomic mass is 35.5. The van der Waals surface area contributed by atoms with E-state index in [0.29, 0.717) is 11.3 Å². The second kappa shape index (κ2) is 4.79. The largest absolute Gasteiger partial charge is 0.494 e. The molecule has 0 saturated heterocycles. The molecule has 0 fully saturated rings. The smallest absolute Gasteiger partial charge is 0.167 e. The first-order chi connectivity index (χ1) is 9.63. The lowest BCUT2D eigenvalue weighted by Crippen LogP contribution is -1.98. The van der Waals surface area contributed by atoms with Gasteiger partial charge in [-0.2, -0.15) is 5.10 Å². The van der Waals surface area contributed by atoms with Crippen LogP contribution in [0.3, 0.4) is 0 Å². The fourth-order valence-electron chi connectivity index (χ4n) is 2.19. The minimum absolute atomic E-state index is 0.170. The first kappa shape index (κ1) is 12.9. The predicted molar refractivity (Wildman–Crippen MR) is 73.9 cm³/mol. The van der Waals surface area contributed by atoms with Gasteiger partial charge >= 0.3 is 0 Å². The van der Waals surface area contributed by atoms with Crippen molar-refractivity contribution in [3.05, 3.63) is 36.2 Å². The van der Waals surface area contributed by atoms with Gasteiger partial charge in [0.25, 0.3) is 0 Å².